The maximum absolute atomic E-state index is 13.3. The van der Waals surface area contributed by atoms with Crippen molar-refractivity contribution in [3.63, 3.8) is 0 Å². The summed E-state index contributed by atoms with van der Waals surface area (Å²) in [5, 5.41) is 3.42. The van der Waals surface area contributed by atoms with Crippen molar-refractivity contribution in [2.24, 2.45) is 0 Å². The van der Waals surface area contributed by atoms with E-state index in [-0.39, 0.29) is 10.7 Å². The first kappa shape index (κ1) is 22.1. The lowest BCUT2D eigenvalue weighted by Crippen LogP contribution is -2.35. The number of pyridine rings is 1. The number of carbonyl (C=O) groups is 2. The van der Waals surface area contributed by atoms with E-state index in [0.29, 0.717) is 41.2 Å². The van der Waals surface area contributed by atoms with E-state index in [9.17, 15) is 14.0 Å². The van der Waals surface area contributed by atoms with E-state index < -0.39 is 11.9 Å². The van der Waals surface area contributed by atoms with Gasteiger partial charge in [0.25, 0.3) is 0 Å². The number of morpholine rings is 1. The number of rotatable bonds is 6. The fourth-order valence-corrected chi connectivity index (χ4v) is 4.47. The van der Waals surface area contributed by atoms with Crippen LogP contribution in [0.4, 0.5) is 10.1 Å². The number of nitrogens with zero attached hydrogens (tertiary/aromatic N) is 2. The van der Waals surface area contributed by atoms with Crippen LogP contribution >= 0.6 is 11.3 Å². The number of nitrogens with one attached hydrogen (secondary N) is 1. The van der Waals surface area contributed by atoms with Crippen LogP contribution in [0.25, 0.3) is 16.3 Å². The maximum Gasteiger partial charge on any atom is 0.350 e. The highest BCUT2D eigenvalue weighted by Crippen LogP contribution is 2.35. The van der Waals surface area contributed by atoms with Gasteiger partial charge in [-0.15, -0.1) is 11.3 Å². The number of hydrogen-bond donors (Lipinski definition) is 1. The Morgan fingerprint density at radius 3 is 2.84 bits per heavy atom. The minimum Gasteiger partial charge on any atom is -0.465 e. The zero-order valence-corrected chi connectivity index (χ0v) is 18.3. The number of ether oxygens (including phenoxy) is 2. The Labute approximate surface area is 188 Å². The normalized spacial score (nSPS) is 14.7. The number of carbonyl (C=O) groups excluding carboxylic acids is 2. The Morgan fingerprint density at radius 2 is 2.09 bits per heavy atom. The molecule has 3 aromatic rings. The van der Waals surface area contributed by atoms with Gasteiger partial charge in [0.05, 0.1) is 31.7 Å². The van der Waals surface area contributed by atoms with Gasteiger partial charge in [-0.3, -0.25) is 9.69 Å². The predicted octanol–water partition coefficient (Wildman–Crippen LogP) is 3.71. The van der Waals surface area contributed by atoms with Crippen molar-refractivity contribution >= 4 is 45.2 Å². The predicted molar refractivity (Wildman–Crippen MR) is 121 cm³/mol. The number of benzene rings is 1. The number of thiophene rings is 1. The lowest BCUT2D eigenvalue weighted by molar-refractivity contribution is -0.111. The van der Waals surface area contributed by atoms with Crippen molar-refractivity contribution in [2.75, 3.05) is 38.7 Å². The Kier molecular flexibility index (Phi) is 6.89. The van der Waals surface area contributed by atoms with Gasteiger partial charge in [0, 0.05) is 31.1 Å². The monoisotopic (exact) mass is 455 g/mol. The first-order chi connectivity index (χ1) is 15.5. The summed E-state index contributed by atoms with van der Waals surface area (Å²) in [5.41, 5.74) is 1.79. The van der Waals surface area contributed by atoms with Crippen LogP contribution < -0.4 is 5.32 Å². The molecule has 3 heterocycles. The van der Waals surface area contributed by atoms with E-state index in [1.807, 2.05) is 12.1 Å². The second-order valence-electron chi connectivity index (χ2n) is 7.22. The van der Waals surface area contributed by atoms with Crippen molar-refractivity contribution in [2.45, 2.75) is 6.54 Å². The Hall–Kier alpha value is -3.14. The molecule has 0 radical (unpaired) electrons. The molecule has 1 saturated heterocycles. The van der Waals surface area contributed by atoms with Crippen LogP contribution in [0.5, 0.6) is 0 Å². The number of anilines is 1. The standard InChI is InChI=1S/C23H22FN3O4S/c1-30-23(29)21-20(26-19(28)8-5-15-3-2-4-16(24)13-15)18-7-6-17(25-22(18)32-21)14-27-9-11-31-12-10-27/h2-8,13H,9-12,14H2,1H3,(H,26,28)/b8-5+. The molecular weight excluding hydrogens is 433 g/mol. The van der Waals surface area contributed by atoms with E-state index in [1.165, 1.54) is 42.7 Å². The average Bonchev–Trinajstić information content (AvgIpc) is 3.15. The van der Waals surface area contributed by atoms with Crippen molar-refractivity contribution in [1.82, 2.24) is 9.88 Å². The summed E-state index contributed by atoms with van der Waals surface area (Å²) in [4.78, 5) is 32.7. The van der Waals surface area contributed by atoms with Gasteiger partial charge in [-0.05, 0) is 35.9 Å². The largest absolute Gasteiger partial charge is 0.465 e. The van der Waals surface area contributed by atoms with Crippen molar-refractivity contribution in [3.05, 3.63) is 64.4 Å². The van der Waals surface area contributed by atoms with E-state index in [2.05, 4.69) is 10.2 Å². The molecule has 166 valence electrons. The van der Waals surface area contributed by atoms with Crippen LogP contribution in [0, 0.1) is 5.82 Å². The zero-order chi connectivity index (χ0) is 22.5. The molecule has 1 amide bonds. The number of halogens is 1. The minimum atomic E-state index is -0.549. The SMILES string of the molecule is COC(=O)c1sc2nc(CN3CCOCC3)ccc2c1NC(=O)/C=C/c1cccc(F)c1. The molecule has 9 heteroatoms. The van der Waals surface area contributed by atoms with Gasteiger partial charge < -0.3 is 14.8 Å². The van der Waals surface area contributed by atoms with E-state index >= 15 is 0 Å². The summed E-state index contributed by atoms with van der Waals surface area (Å²) < 4.78 is 23.6. The van der Waals surface area contributed by atoms with Crippen LogP contribution in [0.3, 0.4) is 0 Å². The third kappa shape index (κ3) is 5.18. The minimum absolute atomic E-state index is 0.269. The van der Waals surface area contributed by atoms with E-state index in [4.69, 9.17) is 14.5 Å². The molecular formula is C23H22FN3O4S. The molecule has 1 fully saturated rings. The molecule has 1 N–H and O–H groups in total. The summed E-state index contributed by atoms with van der Waals surface area (Å²) in [6.45, 7) is 3.77. The average molecular weight is 456 g/mol. The summed E-state index contributed by atoms with van der Waals surface area (Å²) in [7, 11) is 1.29. The Morgan fingerprint density at radius 1 is 1.28 bits per heavy atom. The lowest BCUT2D eigenvalue weighted by Gasteiger charge is -2.26. The first-order valence-electron chi connectivity index (χ1n) is 10.1. The third-order valence-electron chi connectivity index (χ3n) is 5.00. The summed E-state index contributed by atoms with van der Waals surface area (Å²) >= 11 is 1.17. The van der Waals surface area contributed by atoms with Crippen LogP contribution in [-0.4, -0.2) is 55.2 Å². The van der Waals surface area contributed by atoms with Crippen LogP contribution in [-0.2, 0) is 20.8 Å². The number of fused-ring (bicyclic) bond motifs is 1. The highest BCUT2D eigenvalue weighted by Gasteiger charge is 2.22. The molecule has 7 nitrogen and oxygen atoms in total. The van der Waals surface area contributed by atoms with Crippen molar-refractivity contribution < 1.29 is 23.5 Å². The summed E-state index contributed by atoms with van der Waals surface area (Å²) in [5.74, 6) is -1.38. The quantitative estimate of drug-likeness (QED) is 0.451. The molecule has 0 atom stereocenters. The number of methoxy groups -OCH3 is 1. The zero-order valence-electron chi connectivity index (χ0n) is 17.5. The highest BCUT2D eigenvalue weighted by atomic mass is 32.1. The Balaban J connectivity index is 1.58. The molecule has 1 aromatic carbocycles. The van der Waals surface area contributed by atoms with Crippen LogP contribution in [0.15, 0.2) is 42.5 Å². The molecule has 0 bridgehead atoms. The number of amides is 1. The van der Waals surface area contributed by atoms with Gasteiger partial charge in [0.1, 0.15) is 15.5 Å². The summed E-state index contributed by atoms with van der Waals surface area (Å²) in [6, 6.07) is 9.65. The molecule has 0 saturated carbocycles. The third-order valence-corrected chi connectivity index (χ3v) is 6.08. The van der Waals surface area contributed by atoms with Gasteiger partial charge in [-0.25, -0.2) is 14.2 Å². The van der Waals surface area contributed by atoms with Crippen molar-refractivity contribution in [1.29, 1.82) is 0 Å². The number of hydrogen-bond acceptors (Lipinski definition) is 7. The number of aromatic nitrogens is 1. The molecule has 1 aliphatic heterocycles. The number of esters is 1. The van der Waals surface area contributed by atoms with E-state index in [1.54, 1.807) is 12.1 Å². The van der Waals surface area contributed by atoms with Gasteiger partial charge >= 0.3 is 5.97 Å². The molecule has 2 aromatic heterocycles. The fraction of sp³-hybridized carbons (Fsp3) is 0.261. The van der Waals surface area contributed by atoms with Crippen LogP contribution in [0.1, 0.15) is 20.9 Å². The summed E-state index contributed by atoms with van der Waals surface area (Å²) in [6.07, 6.45) is 2.79. The topological polar surface area (TPSA) is 80.8 Å². The van der Waals surface area contributed by atoms with E-state index in [0.717, 1.165) is 18.8 Å². The fourth-order valence-electron chi connectivity index (χ4n) is 3.40. The second kappa shape index (κ2) is 9.99. The van der Waals surface area contributed by atoms with Gasteiger partial charge in [0.2, 0.25) is 5.91 Å². The molecule has 0 unspecified atom stereocenters. The molecule has 4 rings (SSSR count). The van der Waals surface area contributed by atoms with Crippen molar-refractivity contribution in [3.8, 4) is 0 Å². The first-order valence-corrected chi connectivity index (χ1v) is 10.9. The van der Waals surface area contributed by atoms with Crippen LogP contribution in [0.2, 0.25) is 0 Å². The molecule has 1 aliphatic rings. The molecule has 32 heavy (non-hydrogen) atoms. The van der Waals surface area contributed by atoms with Gasteiger partial charge in [-0.2, -0.15) is 0 Å². The Bertz CT molecular complexity index is 1170. The second-order valence-corrected chi connectivity index (χ2v) is 8.22. The lowest BCUT2D eigenvalue weighted by atomic mass is 10.2. The highest BCUT2D eigenvalue weighted by molar-refractivity contribution is 7.21. The molecule has 0 aliphatic carbocycles. The maximum atomic E-state index is 13.3. The van der Waals surface area contributed by atoms with Gasteiger partial charge in [-0.1, -0.05) is 12.1 Å². The van der Waals surface area contributed by atoms with Gasteiger partial charge in [0.15, 0.2) is 0 Å². The molecule has 0 spiro atoms. The smallest absolute Gasteiger partial charge is 0.350 e.